The van der Waals surface area contributed by atoms with E-state index in [1.807, 2.05) is 13.0 Å². The van der Waals surface area contributed by atoms with Crippen molar-refractivity contribution in [3.8, 4) is 0 Å². The summed E-state index contributed by atoms with van der Waals surface area (Å²) in [6.07, 6.45) is -0.363. The lowest BCUT2D eigenvalue weighted by Crippen LogP contribution is -2.20. The quantitative estimate of drug-likeness (QED) is 0.802. The maximum atomic E-state index is 9.55. The predicted molar refractivity (Wildman–Crippen MR) is 63.4 cm³/mol. The Morgan fingerprint density at radius 2 is 2.27 bits per heavy atom. The molecule has 2 rings (SSSR count). The van der Waals surface area contributed by atoms with E-state index in [0.717, 1.165) is 18.7 Å². The van der Waals surface area contributed by atoms with Gasteiger partial charge in [-0.1, -0.05) is 19.1 Å². The Kier molecular flexibility index (Phi) is 2.70. The van der Waals surface area contributed by atoms with Crippen molar-refractivity contribution in [3.05, 3.63) is 29.3 Å². The van der Waals surface area contributed by atoms with E-state index in [-0.39, 0.29) is 6.10 Å². The van der Waals surface area contributed by atoms with Crippen LogP contribution in [0.3, 0.4) is 0 Å². The number of hydrogen-bond acceptors (Lipinski definition) is 2. The molecule has 2 heteroatoms. The highest BCUT2D eigenvalue weighted by Gasteiger charge is 2.24. The van der Waals surface area contributed by atoms with Crippen LogP contribution in [0.25, 0.3) is 0 Å². The Morgan fingerprint density at radius 3 is 2.87 bits per heavy atom. The molecule has 1 aromatic carbocycles. The Labute approximate surface area is 91.5 Å². The van der Waals surface area contributed by atoms with Gasteiger partial charge >= 0.3 is 0 Å². The van der Waals surface area contributed by atoms with Crippen molar-refractivity contribution < 1.29 is 5.11 Å². The first-order valence-corrected chi connectivity index (χ1v) is 5.70. The molecule has 0 saturated heterocycles. The standard InChI is InChI=1S/C13H19NO/c1-4-14-8-9(2)12-7-11(10(3)15)5-6-13(12)14/h5-7,9-10,15H,4,8H2,1-3H3. The minimum atomic E-state index is -0.363. The van der Waals surface area contributed by atoms with Crippen molar-refractivity contribution in [1.29, 1.82) is 0 Å². The number of nitrogens with zero attached hydrogens (tertiary/aromatic N) is 1. The summed E-state index contributed by atoms with van der Waals surface area (Å²) < 4.78 is 0. The highest BCUT2D eigenvalue weighted by atomic mass is 16.3. The molecule has 0 aliphatic carbocycles. The molecule has 1 aromatic rings. The largest absolute Gasteiger partial charge is 0.389 e. The Hall–Kier alpha value is -1.02. The number of aliphatic hydroxyl groups excluding tert-OH is 1. The summed E-state index contributed by atoms with van der Waals surface area (Å²) in [6.45, 7) is 8.42. The van der Waals surface area contributed by atoms with E-state index < -0.39 is 0 Å². The molecule has 1 aliphatic heterocycles. The zero-order chi connectivity index (χ0) is 11.0. The first-order valence-electron chi connectivity index (χ1n) is 5.70. The van der Waals surface area contributed by atoms with Crippen molar-refractivity contribution in [1.82, 2.24) is 0 Å². The van der Waals surface area contributed by atoms with E-state index in [2.05, 4.69) is 30.9 Å². The normalized spacial score (nSPS) is 21.6. The first-order chi connectivity index (χ1) is 7.13. The molecule has 1 aliphatic rings. The van der Waals surface area contributed by atoms with Crippen LogP contribution in [-0.4, -0.2) is 18.2 Å². The second-order valence-electron chi connectivity index (χ2n) is 4.43. The van der Waals surface area contributed by atoms with Gasteiger partial charge in [-0.15, -0.1) is 0 Å². The number of anilines is 1. The van der Waals surface area contributed by atoms with E-state index >= 15 is 0 Å². The van der Waals surface area contributed by atoms with E-state index in [1.54, 1.807) is 0 Å². The molecule has 0 spiro atoms. The first kappa shape index (κ1) is 10.5. The molecule has 82 valence electrons. The number of hydrogen-bond donors (Lipinski definition) is 1. The summed E-state index contributed by atoms with van der Waals surface area (Å²) in [7, 11) is 0. The van der Waals surface area contributed by atoms with Crippen LogP contribution in [0.1, 0.15) is 43.9 Å². The minimum Gasteiger partial charge on any atom is -0.389 e. The average molecular weight is 205 g/mol. The van der Waals surface area contributed by atoms with Gasteiger partial charge < -0.3 is 10.0 Å². The van der Waals surface area contributed by atoms with Crippen LogP contribution in [0.5, 0.6) is 0 Å². The molecule has 1 N–H and O–H groups in total. The van der Waals surface area contributed by atoms with E-state index in [1.165, 1.54) is 11.3 Å². The van der Waals surface area contributed by atoms with E-state index in [4.69, 9.17) is 0 Å². The number of aliphatic hydroxyl groups is 1. The van der Waals surface area contributed by atoms with Gasteiger partial charge in [0.05, 0.1) is 6.10 Å². The van der Waals surface area contributed by atoms with Gasteiger partial charge in [-0.25, -0.2) is 0 Å². The van der Waals surface area contributed by atoms with Crippen LogP contribution in [-0.2, 0) is 0 Å². The SMILES string of the molecule is CCN1CC(C)c2cc(C(C)O)ccc21. The Morgan fingerprint density at radius 1 is 1.53 bits per heavy atom. The molecule has 2 unspecified atom stereocenters. The molecule has 2 nitrogen and oxygen atoms in total. The highest BCUT2D eigenvalue weighted by Crippen LogP contribution is 2.37. The summed E-state index contributed by atoms with van der Waals surface area (Å²) in [5, 5.41) is 9.55. The summed E-state index contributed by atoms with van der Waals surface area (Å²) in [5.41, 5.74) is 3.75. The molecule has 2 atom stereocenters. The molecule has 0 radical (unpaired) electrons. The van der Waals surface area contributed by atoms with Crippen molar-refractivity contribution in [3.63, 3.8) is 0 Å². The molecule has 0 aromatic heterocycles. The fourth-order valence-corrected chi connectivity index (χ4v) is 2.34. The zero-order valence-electron chi connectivity index (χ0n) is 9.70. The number of likely N-dealkylation sites (N-methyl/N-ethyl adjacent to an activating group) is 1. The van der Waals surface area contributed by atoms with Crippen molar-refractivity contribution in [2.75, 3.05) is 18.0 Å². The maximum absolute atomic E-state index is 9.55. The summed E-state index contributed by atoms with van der Waals surface area (Å²) >= 11 is 0. The molecular weight excluding hydrogens is 186 g/mol. The third kappa shape index (κ3) is 1.74. The summed E-state index contributed by atoms with van der Waals surface area (Å²) in [4.78, 5) is 2.39. The summed E-state index contributed by atoms with van der Waals surface area (Å²) in [6, 6.07) is 6.33. The van der Waals surface area contributed by atoms with Crippen LogP contribution in [0.4, 0.5) is 5.69 Å². The second-order valence-corrected chi connectivity index (χ2v) is 4.43. The lowest BCUT2D eigenvalue weighted by molar-refractivity contribution is 0.199. The highest BCUT2D eigenvalue weighted by molar-refractivity contribution is 5.61. The topological polar surface area (TPSA) is 23.5 Å². The van der Waals surface area contributed by atoms with E-state index in [9.17, 15) is 5.11 Å². The van der Waals surface area contributed by atoms with Gasteiger partial charge in [0, 0.05) is 24.7 Å². The molecule has 0 bridgehead atoms. The fraction of sp³-hybridized carbons (Fsp3) is 0.538. The molecule has 0 amide bonds. The summed E-state index contributed by atoms with van der Waals surface area (Å²) in [5.74, 6) is 0.582. The van der Waals surface area contributed by atoms with Gasteiger partial charge in [0.2, 0.25) is 0 Å². The average Bonchev–Trinajstić information content (AvgIpc) is 2.55. The predicted octanol–water partition coefficient (Wildman–Crippen LogP) is 2.68. The van der Waals surface area contributed by atoms with Crippen molar-refractivity contribution >= 4 is 5.69 Å². The van der Waals surface area contributed by atoms with Gasteiger partial charge in [0.25, 0.3) is 0 Å². The molecule has 1 heterocycles. The van der Waals surface area contributed by atoms with Gasteiger partial charge in [-0.2, -0.15) is 0 Å². The zero-order valence-corrected chi connectivity index (χ0v) is 9.70. The smallest absolute Gasteiger partial charge is 0.0762 e. The monoisotopic (exact) mass is 205 g/mol. The van der Waals surface area contributed by atoms with Crippen molar-refractivity contribution in [2.45, 2.75) is 32.8 Å². The Bertz CT molecular complexity index is 360. The van der Waals surface area contributed by atoms with Gasteiger partial charge in [0.1, 0.15) is 0 Å². The van der Waals surface area contributed by atoms with Gasteiger partial charge in [-0.05, 0) is 31.0 Å². The molecule has 15 heavy (non-hydrogen) atoms. The molecule has 0 saturated carbocycles. The lowest BCUT2D eigenvalue weighted by Gasteiger charge is -2.17. The van der Waals surface area contributed by atoms with Crippen LogP contribution in [0, 0.1) is 0 Å². The fourth-order valence-electron chi connectivity index (χ4n) is 2.34. The van der Waals surface area contributed by atoms with Crippen LogP contribution >= 0.6 is 0 Å². The van der Waals surface area contributed by atoms with E-state index in [0.29, 0.717) is 5.92 Å². The number of rotatable bonds is 2. The number of fused-ring (bicyclic) bond motifs is 1. The Balaban J connectivity index is 2.41. The second kappa shape index (κ2) is 3.86. The van der Waals surface area contributed by atoms with Gasteiger partial charge in [0.15, 0.2) is 0 Å². The van der Waals surface area contributed by atoms with Crippen LogP contribution in [0.15, 0.2) is 18.2 Å². The molecule has 0 fully saturated rings. The maximum Gasteiger partial charge on any atom is 0.0762 e. The molecular formula is C13H19NO. The third-order valence-electron chi connectivity index (χ3n) is 3.28. The van der Waals surface area contributed by atoms with Gasteiger partial charge in [-0.3, -0.25) is 0 Å². The lowest BCUT2D eigenvalue weighted by atomic mass is 9.99. The third-order valence-corrected chi connectivity index (χ3v) is 3.28. The van der Waals surface area contributed by atoms with Crippen LogP contribution in [0.2, 0.25) is 0 Å². The minimum absolute atomic E-state index is 0.363. The van der Waals surface area contributed by atoms with Crippen molar-refractivity contribution in [2.24, 2.45) is 0 Å². The van der Waals surface area contributed by atoms with Crippen LogP contribution < -0.4 is 4.90 Å². The number of benzene rings is 1.